The number of non-ortho nitro benzene ring substituents is 1. The Balaban J connectivity index is 2.01. The van der Waals surface area contributed by atoms with Crippen molar-refractivity contribution in [2.45, 2.75) is 45.4 Å². The second-order valence-corrected chi connectivity index (χ2v) is 7.92. The molecule has 3 N–H and O–H groups in total. The number of amides is 2. The van der Waals surface area contributed by atoms with Gasteiger partial charge in [-0.05, 0) is 23.5 Å². The van der Waals surface area contributed by atoms with Crippen LogP contribution in [0.2, 0.25) is 0 Å². The minimum atomic E-state index is -1.28. The lowest BCUT2D eigenvalue weighted by molar-refractivity contribution is -0.384. The smallest absolute Gasteiger partial charge is 0.408 e. The zero-order valence-corrected chi connectivity index (χ0v) is 18.4. The van der Waals surface area contributed by atoms with Gasteiger partial charge in [0, 0.05) is 18.6 Å². The molecule has 10 nitrogen and oxygen atoms in total. The highest BCUT2D eigenvalue weighted by molar-refractivity contribution is 5.89. The maximum absolute atomic E-state index is 12.8. The molecular weight excluding hydrogens is 430 g/mol. The van der Waals surface area contributed by atoms with Crippen LogP contribution in [0, 0.1) is 16.0 Å². The van der Waals surface area contributed by atoms with E-state index in [9.17, 15) is 29.6 Å². The molecule has 0 saturated heterocycles. The molecule has 0 unspecified atom stereocenters. The zero-order valence-electron chi connectivity index (χ0n) is 18.4. The van der Waals surface area contributed by atoms with E-state index in [0.717, 1.165) is 5.56 Å². The van der Waals surface area contributed by atoms with Gasteiger partial charge in [0.2, 0.25) is 5.91 Å². The monoisotopic (exact) mass is 457 g/mol. The van der Waals surface area contributed by atoms with E-state index < -0.39 is 35.0 Å². The molecular formula is C23H27N3O7. The Morgan fingerprint density at radius 3 is 2.15 bits per heavy atom. The molecule has 0 aliphatic carbocycles. The van der Waals surface area contributed by atoms with Crippen LogP contribution < -0.4 is 10.6 Å². The van der Waals surface area contributed by atoms with Gasteiger partial charge in [0.15, 0.2) is 0 Å². The van der Waals surface area contributed by atoms with Gasteiger partial charge in [-0.2, -0.15) is 0 Å². The average Bonchev–Trinajstić information content (AvgIpc) is 2.77. The molecule has 33 heavy (non-hydrogen) atoms. The molecule has 0 fully saturated rings. The number of carboxylic acid groups (broad SMARTS) is 1. The third-order valence-electron chi connectivity index (χ3n) is 4.73. The molecule has 2 amide bonds. The van der Waals surface area contributed by atoms with Crippen molar-refractivity contribution in [3.63, 3.8) is 0 Å². The molecule has 0 radical (unpaired) electrons. The summed E-state index contributed by atoms with van der Waals surface area (Å²) in [6.45, 7) is 3.76. The Morgan fingerprint density at radius 2 is 1.61 bits per heavy atom. The summed E-state index contributed by atoms with van der Waals surface area (Å²) in [7, 11) is 0. The van der Waals surface area contributed by atoms with Gasteiger partial charge in [-0.15, -0.1) is 0 Å². The van der Waals surface area contributed by atoms with E-state index in [2.05, 4.69) is 10.6 Å². The molecule has 2 aromatic rings. The van der Waals surface area contributed by atoms with Crippen LogP contribution in [-0.4, -0.2) is 40.1 Å². The van der Waals surface area contributed by atoms with E-state index >= 15 is 0 Å². The van der Waals surface area contributed by atoms with Crippen molar-refractivity contribution in [1.29, 1.82) is 0 Å². The Labute approximate surface area is 191 Å². The van der Waals surface area contributed by atoms with Crippen LogP contribution >= 0.6 is 0 Å². The third-order valence-corrected chi connectivity index (χ3v) is 4.73. The second-order valence-electron chi connectivity index (χ2n) is 7.92. The Kier molecular flexibility index (Phi) is 9.34. The van der Waals surface area contributed by atoms with Gasteiger partial charge in [-0.25, -0.2) is 9.59 Å². The van der Waals surface area contributed by atoms with Crippen molar-refractivity contribution in [2.75, 3.05) is 0 Å². The molecule has 0 spiro atoms. The number of hydrogen-bond donors (Lipinski definition) is 3. The van der Waals surface area contributed by atoms with E-state index in [-0.39, 0.29) is 31.1 Å². The van der Waals surface area contributed by atoms with E-state index in [1.165, 1.54) is 24.3 Å². The minimum absolute atomic E-state index is 0.0284. The summed E-state index contributed by atoms with van der Waals surface area (Å²) in [6, 6.07) is 12.2. The number of rotatable bonds is 11. The number of ether oxygens (including phenoxy) is 1. The summed E-state index contributed by atoms with van der Waals surface area (Å²) in [6.07, 6.45) is -0.593. The maximum Gasteiger partial charge on any atom is 0.408 e. The fraction of sp³-hybridized carbons (Fsp3) is 0.348. The summed E-state index contributed by atoms with van der Waals surface area (Å²) in [5.74, 6) is -1.89. The number of carboxylic acids is 1. The molecule has 0 aliphatic heterocycles. The van der Waals surface area contributed by atoms with Crippen LogP contribution in [-0.2, 0) is 27.4 Å². The lowest BCUT2D eigenvalue weighted by Gasteiger charge is -2.22. The van der Waals surface area contributed by atoms with Crippen molar-refractivity contribution in [3.05, 3.63) is 75.8 Å². The maximum atomic E-state index is 12.8. The van der Waals surface area contributed by atoms with Crippen LogP contribution in [0.5, 0.6) is 0 Å². The minimum Gasteiger partial charge on any atom is -0.480 e. The predicted molar refractivity (Wildman–Crippen MR) is 119 cm³/mol. The highest BCUT2D eigenvalue weighted by Crippen LogP contribution is 2.14. The van der Waals surface area contributed by atoms with Gasteiger partial charge in [0.25, 0.3) is 5.69 Å². The summed E-state index contributed by atoms with van der Waals surface area (Å²) >= 11 is 0. The zero-order chi connectivity index (χ0) is 24.4. The van der Waals surface area contributed by atoms with Crippen LogP contribution in [0.3, 0.4) is 0 Å². The number of aliphatic carboxylic acids is 1. The highest BCUT2D eigenvalue weighted by Gasteiger charge is 2.28. The van der Waals surface area contributed by atoms with Gasteiger partial charge in [0.1, 0.15) is 18.7 Å². The summed E-state index contributed by atoms with van der Waals surface area (Å²) in [5.41, 5.74) is 1.17. The number of benzene rings is 2. The van der Waals surface area contributed by atoms with E-state index in [4.69, 9.17) is 4.74 Å². The molecule has 0 aromatic heterocycles. The van der Waals surface area contributed by atoms with Crippen molar-refractivity contribution in [3.8, 4) is 0 Å². The molecule has 0 saturated carbocycles. The first-order valence-electron chi connectivity index (χ1n) is 10.4. The summed E-state index contributed by atoms with van der Waals surface area (Å²) < 4.78 is 5.17. The summed E-state index contributed by atoms with van der Waals surface area (Å²) in [5, 5.41) is 25.3. The number of carbonyl (C=O) groups excluding carboxylic acids is 2. The Morgan fingerprint density at radius 1 is 0.970 bits per heavy atom. The summed E-state index contributed by atoms with van der Waals surface area (Å²) in [4.78, 5) is 47.0. The third kappa shape index (κ3) is 8.60. The van der Waals surface area contributed by atoms with Crippen molar-refractivity contribution < 1.29 is 29.2 Å². The van der Waals surface area contributed by atoms with Crippen molar-refractivity contribution in [2.24, 2.45) is 5.92 Å². The van der Waals surface area contributed by atoms with Gasteiger partial charge in [0.05, 0.1) is 4.92 Å². The first-order valence-corrected chi connectivity index (χ1v) is 10.4. The second kappa shape index (κ2) is 12.2. The molecule has 0 heterocycles. The van der Waals surface area contributed by atoms with E-state index in [1.54, 1.807) is 12.1 Å². The van der Waals surface area contributed by atoms with Crippen molar-refractivity contribution >= 4 is 23.7 Å². The van der Waals surface area contributed by atoms with Gasteiger partial charge in [-0.1, -0.05) is 56.3 Å². The van der Waals surface area contributed by atoms with Crippen LogP contribution in [0.15, 0.2) is 54.6 Å². The van der Waals surface area contributed by atoms with E-state index in [0.29, 0.717) is 5.56 Å². The number of nitrogens with zero attached hydrogens (tertiary/aromatic N) is 1. The predicted octanol–water partition coefficient (Wildman–Crippen LogP) is 3.05. The number of alkyl carbamates (subject to hydrolysis) is 1. The average molecular weight is 457 g/mol. The Bertz CT molecular complexity index is 962. The quantitative estimate of drug-likeness (QED) is 0.347. The van der Waals surface area contributed by atoms with Gasteiger partial charge < -0.3 is 20.5 Å². The van der Waals surface area contributed by atoms with Crippen LogP contribution in [0.25, 0.3) is 0 Å². The lowest BCUT2D eigenvalue weighted by Crippen LogP contribution is -2.52. The van der Waals surface area contributed by atoms with Gasteiger partial charge in [-0.3, -0.25) is 14.9 Å². The van der Waals surface area contributed by atoms with Crippen molar-refractivity contribution in [1.82, 2.24) is 10.6 Å². The molecule has 0 aliphatic rings. The molecule has 2 atom stereocenters. The Hall–Kier alpha value is -3.95. The fourth-order valence-electron chi connectivity index (χ4n) is 3.07. The molecule has 176 valence electrons. The number of hydrogen-bond acceptors (Lipinski definition) is 6. The standard InChI is InChI=1S/C23H27N3O7/c1-15(2)12-19(25-23(30)33-14-17-6-4-3-5-7-17)21(27)24-20(22(28)29)13-16-8-10-18(11-9-16)26(31)32/h3-11,15,19-20H,12-14H2,1-2H3,(H,24,27)(H,25,30)(H,28,29)/t19-,20-/m0/s1. The molecule has 0 bridgehead atoms. The number of carbonyl (C=O) groups is 3. The van der Waals surface area contributed by atoms with E-state index in [1.807, 2.05) is 32.0 Å². The van der Waals surface area contributed by atoms with Gasteiger partial charge >= 0.3 is 12.1 Å². The highest BCUT2D eigenvalue weighted by atomic mass is 16.6. The first-order chi connectivity index (χ1) is 15.7. The largest absolute Gasteiger partial charge is 0.480 e. The molecule has 2 rings (SSSR count). The van der Waals surface area contributed by atoms with Crippen LogP contribution in [0.4, 0.5) is 10.5 Å². The number of nitrogens with one attached hydrogen (secondary N) is 2. The first kappa shape index (κ1) is 25.3. The van der Waals surface area contributed by atoms with Crippen LogP contribution in [0.1, 0.15) is 31.4 Å². The molecule has 10 heteroatoms. The number of nitro groups is 1. The molecule has 2 aromatic carbocycles. The normalized spacial score (nSPS) is 12.5. The fourth-order valence-corrected chi connectivity index (χ4v) is 3.07. The lowest BCUT2D eigenvalue weighted by atomic mass is 10.0. The number of nitro benzene ring substituents is 1. The topological polar surface area (TPSA) is 148 Å². The SMILES string of the molecule is CC(C)C[C@H](NC(=O)OCc1ccccc1)C(=O)N[C@@H](Cc1ccc([N+](=O)[O-])cc1)C(=O)O.